The monoisotopic (exact) mass is 288 g/mol. The number of methoxy groups -OCH3 is 1. The molecule has 0 heterocycles. The van der Waals surface area contributed by atoms with Gasteiger partial charge in [-0.2, -0.15) is 0 Å². The predicted molar refractivity (Wildman–Crippen MR) is 63.1 cm³/mol. The van der Waals surface area contributed by atoms with Crippen molar-refractivity contribution in [3.63, 3.8) is 0 Å². The van der Waals surface area contributed by atoms with Crippen molar-refractivity contribution in [3.8, 4) is 11.5 Å². The largest absolute Gasteiger partial charge is 0.504 e. The van der Waals surface area contributed by atoms with E-state index in [-0.39, 0.29) is 11.5 Å². The van der Waals surface area contributed by atoms with E-state index in [0.29, 0.717) is 10.0 Å². The molecule has 0 bridgehead atoms. The number of benzene rings is 1. The van der Waals surface area contributed by atoms with Gasteiger partial charge in [-0.15, -0.1) is 0 Å². The Bertz CT molecular complexity index is 428. The third-order valence-corrected chi connectivity index (χ3v) is 3.49. The van der Waals surface area contributed by atoms with Crippen LogP contribution in [-0.4, -0.2) is 23.3 Å². The lowest BCUT2D eigenvalue weighted by Crippen LogP contribution is -2.09. The van der Waals surface area contributed by atoms with Crippen LogP contribution in [0.4, 0.5) is 0 Å². The molecule has 0 aliphatic carbocycles. The molecule has 0 fully saturated rings. The third-order valence-electron chi connectivity index (χ3n) is 2.44. The number of hydrogen-bond acceptors (Lipinski definition) is 3. The second-order valence-electron chi connectivity index (χ2n) is 3.53. The van der Waals surface area contributed by atoms with E-state index < -0.39 is 11.9 Å². The molecule has 0 aliphatic rings. The first-order chi connectivity index (χ1) is 7.40. The highest BCUT2D eigenvalue weighted by molar-refractivity contribution is 9.10. The second kappa shape index (κ2) is 4.74. The van der Waals surface area contributed by atoms with Crippen LogP contribution in [0, 0.1) is 6.92 Å². The van der Waals surface area contributed by atoms with Gasteiger partial charge in [0.1, 0.15) is 0 Å². The zero-order chi connectivity index (χ0) is 12.5. The average molecular weight is 289 g/mol. The quantitative estimate of drug-likeness (QED) is 0.897. The van der Waals surface area contributed by atoms with Crippen molar-refractivity contribution in [3.05, 3.63) is 21.7 Å². The molecule has 4 nitrogen and oxygen atoms in total. The van der Waals surface area contributed by atoms with Gasteiger partial charge in [0.25, 0.3) is 0 Å². The van der Waals surface area contributed by atoms with E-state index in [1.165, 1.54) is 14.0 Å². The second-order valence-corrected chi connectivity index (χ2v) is 4.32. The van der Waals surface area contributed by atoms with E-state index in [0.717, 1.165) is 5.56 Å². The summed E-state index contributed by atoms with van der Waals surface area (Å²) in [6.07, 6.45) is 0. The fourth-order valence-corrected chi connectivity index (χ4v) is 2.10. The summed E-state index contributed by atoms with van der Waals surface area (Å²) < 4.78 is 5.59. The highest BCUT2D eigenvalue weighted by Crippen LogP contribution is 2.41. The third kappa shape index (κ3) is 2.14. The highest BCUT2D eigenvalue weighted by atomic mass is 79.9. The molecule has 0 spiro atoms. The van der Waals surface area contributed by atoms with Crippen LogP contribution in [0.5, 0.6) is 11.5 Å². The number of phenolic OH excluding ortho intramolecular Hbond substituents is 1. The van der Waals surface area contributed by atoms with Crippen LogP contribution in [-0.2, 0) is 4.79 Å². The van der Waals surface area contributed by atoms with Crippen molar-refractivity contribution in [2.75, 3.05) is 7.11 Å². The van der Waals surface area contributed by atoms with Gasteiger partial charge in [0, 0.05) is 10.0 Å². The lowest BCUT2D eigenvalue weighted by atomic mass is 9.97. The Morgan fingerprint density at radius 1 is 1.56 bits per heavy atom. The van der Waals surface area contributed by atoms with Crippen molar-refractivity contribution in [1.82, 2.24) is 0 Å². The van der Waals surface area contributed by atoms with Crippen LogP contribution in [0.2, 0.25) is 0 Å². The molecule has 16 heavy (non-hydrogen) atoms. The van der Waals surface area contributed by atoms with Crippen LogP contribution in [0.15, 0.2) is 10.5 Å². The number of phenols is 1. The molecule has 0 saturated carbocycles. The van der Waals surface area contributed by atoms with Gasteiger partial charge in [0.05, 0.1) is 13.0 Å². The average Bonchev–Trinajstić information content (AvgIpc) is 2.23. The number of halogens is 1. The molecule has 1 rings (SSSR count). The maximum Gasteiger partial charge on any atom is 0.310 e. The molecule has 2 N–H and O–H groups in total. The maximum absolute atomic E-state index is 10.9. The Balaban J connectivity index is 3.47. The number of aryl methyl sites for hydroxylation is 1. The van der Waals surface area contributed by atoms with Gasteiger partial charge in [0.2, 0.25) is 0 Å². The summed E-state index contributed by atoms with van der Waals surface area (Å²) in [5, 5.41) is 18.9. The van der Waals surface area contributed by atoms with Gasteiger partial charge in [0.15, 0.2) is 11.5 Å². The minimum atomic E-state index is -0.997. The normalized spacial score (nSPS) is 12.2. The summed E-state index contributed by atoms with van der Waals surface area (Å²) in [5.41, 5.74) is 1.15. The Morgan fingerprint density at radius 3 is 2.56 bits per heavy atom. The Labute approximate surface area is 102 Å². The zero-order valence-electron chi connectivity index (χ0n) is 9.24. The maximum atomic E-state index is 10.9. The van der Waals surface area contributed by atoms with E-state index >= 15 is 0 Å². The van der Waals surface area contributed by atoms with Crippen molar-refractivity contribution in [2.24, 2.45) is 0 Å². The van der Waals surface area contributed by atoms with Crippen LogP contribution in [0.25, 0.3) is 0 Å². The molecule has 0 radical (unpaired) electrons. The molecular formula is C11H13BrO4. The molecule has 1 unspecified atom stereocenters. The number of hydrogen-bond donors (Lipinski definition) is 2. The van der Waals surface area contributed by atoms with Gasteiger partial charge >= 0.3 is 5.97 Å². The molecule has 0 aliphatic heterocycles. The minimum Gasteiger partial charge on any atom is -0.504 e. The summed E-state index contributed by atoms with van der Waals surface area (Å²) in [4.78, 5) is 10.9. The van der Waals surface area contributed by atoms with E-state index in [1.54, 1.807) is 6.07 Å². The predicted octanol–water partition coefficient (Wildman–Crippen LogP) is 2.66. The van der Waals surface area contributed by atoms with Crippen LogP contribution in [0.1, 0.15) is 24.0 Å². The molecular weight excluding hydrogens is 276 g/mol. The first-order valence-electron chi connectivity index (χ1n) is 4.68. The molecule has 5 heteroatoms. The number of carboxylic acid groups (broad SMARTS) is 1. The summed E-state index contributed by atoms with van der Waals surface area (Å²) >= 11 is 3.28. The van der Waals surface area contributed by atoms with Crippen LogP contribution >= 0.6 is 15.9 Å². The van der Waals surface area contributed by atoms with Gasteiger partial charge < -0.3 is 14.9 Å². The first-order valence-corrected chi connectivity index (χ1v) is 5.48. The minimum absolute atomic E-state index is 0.130. The summed E-state index contributed by atoms with van der Waals surface area (Å²) in [6.45, 7) is 3.32. The van der Waals surface area contributed by atoms with Crippen LogP contribution < -0.4 is 4.74 Å². The lowest BCUT2D eigenvalue weighted by molar-refractivity contribution is -0.138. The summed E-state index contributed by atoms with van der Waals surface area (Å²) in [7, 11) is 1.43. The summed E-state index contributed by atoms with van der Waals surface area (Å²) in [6, 6.07) is 1.65. The molecule has 0 aromatic heterocycles. The number of carbonyl (C=O) groups is 1. The van der Waals surface area contributed by atoms with Gasteiger partial charge in [-0.25, -0.2) is 0 Å². The fourth-order valence-electron chi connectivity index (χ4n) is 1.45. The number of ether oxygens (including phenoxy) is 1. The Morgan fingerprint density at radius 2 is 2.12 bits per heavy atom. The van der Waals surface area contributed by atoms with Crippen molar-refractivity contribution in [2.45, 2.75) is 19.8 Å². The van der Waals surface area contributed by atoms with E-state index in [4.69, 9.17) is 9.84 Å². The summed E-state index contributed by atoms with van der Waals surface area (Å²) in [5.74, 6) is -1.65. The Hall–Kier alpha value is -1.23. The van der Waals surface area contributed by atoms with E-state index in [1.807, 2.05) is 6.92 Å². The molecule has 1 aromatic rings. The molecule has 1 atom stereocenters. The standard InChI is InChI=1S/C11H13BrO4/c1-5-4-7(16-3)10(13)8(9(5)12)6(2)11(14)15/h4,6,13H,1-3H3,(H,14,15). The molecule has 0 amide bonds. The zero-order valence-corrected chi connectivity index (χ0v) is 10.8. The number of carboxylic acids is 1. The highest BCUT2D eigenvalue weighted by Gasteiger charge is 2.24. The number of aromatic hydroxyl groups is 1. The van der Waals surface area contributed by atoms with Gasteiger partial charge in [-0.3, -0.25) is 4.79 Å². The van der Waals surface area contributed by atoms with Crippen molar-refractivity contribution in [1.29, 1.82) is 0 Å². The van der Waals surface area contributed by atoms with Crippen molar-refractivity contribution >= 4 is 21.9 Å². The van der Waals surface area contributed by atoms with Gasteiger partial charge in [-0.1, -0.05) is 15.9 Å². The van der Waals surface area contributed by atoms with E-state index in [9.17, 15) is 9.90 Å². The fraction of sp³-hybridized carbons (Fsp3) is 0.364. The number of aliphatic carboxylic acids is 1. The lowest BCUT2D eigenvalue weighted by Gasteiger charge is -2.16. The molecule has 0 saturated heterocycles. The first kappa shape index (κ1) is 12.8. The van der Waals surface area contributed by atoms with Crippen molar-refractivity contribution < 1.29 is 19.7 Å². The smallest absolute Gasteiger partial charge is 0.310 e. The Kier molecular flexibility index (Phi) is 3.80. The molecule has 1 aromatic carbocycles. The topological polar surface area (TPSA) is 66.8 Å². The molecule has 88 valence electrons. The number of rotatable bonds is 3. The van der Waals surface area contributed by atoms with E-state index in [2.05, 4.69) is 15.9 Å². The SMILES string of the molecule is COc1cc(C)c(Br)c(C(C)C(=O)O)c1O. The van der Waals surface area contributed by atoms with Crippen LogP contribution in [0.3, 0.4) is 0 Å². The van der Waals surface area contributed by atoms with Gasteiger partial charge in [-0.05, 0) is 25.5 Å².